The van der Waals surface area contributed by atoms with Gasteiger partial charge in [-0.1, -0.05) is 18.0 Å². The van der Waals surface area contributed by atoms with Gasteiger partial charge in [-0.2, -0.15) is 0 Å². The van der Waals surface area contributed by atoms with Crippen molar-refractivity contribution < 1.29 is 0 Å². The van der Waals surface area contributed by atoms with Gasteiger partial charge in [0.25, 0.3) is 0 Å². The second kappa shape index (κ2) is 5.17. The van der Waals surface area contributed by atoms with Crippen molar-refractivity contribution in [3.05, 3.63) is 17.3 Å². The van der Waals surface area contributed by atoms with Crippen LogP contribution in [0.3, 0.4) is 0 Å². The minimum absolute atomic E-state index is 0.454. The lowest BCUT2D eigenvalue weighted by Gasteiger charge is -2.47. The lowest BCUT2D eigenvalue weighted by Crippen LogP contribution is -2.52. The van der Waals surface area contributed by atoms with Gasteiger partial charge in [-0.25, -0.2) is 4.98 Å². The van der Waals surface area contributed by atoms with E-state index in [1.54, 1.807) is 6.07 Å². The molecular weight excluding hydrogens is 260 g/mol. The van der Waals surface area contributed by atoms with E-state index in [1.807, 2.05) is 6.07 Å². The topological polar surface area (TPSA) is 54.2 Å². The van der Waals surface area contributed by atoms with Crippen LogP contribution in [0.5, 0.6) is 0 Å². The molecule has 2 aliphatic rings. The van der Waals surface area contributed by atoms with Crippen molar-refractivity contribution >= 4 is 23.1 Å². The molecule has 2 atom stereocenters. The van der Waals surface area contributed by atoms with Crippen LogP contribution < -0.4 is 11.1 Å². The van der Waals surface area contributed by atoms with Gasteiger partial charge in [0.15, 0.2) is 0 Å². The zero-order valence-corrected chi connectivity index (χ0v) is 12.0. The standard InChI is InChI=1S/C14H21ClN4/c1-19-11-3-2-4-12(19)8-10(7-11)17-14-6-9(16)5-13(15)18-14/h5-6,10-12H,2-4,7-8H2,1H3,(H3,16,17,18). The lowest BCUT2D eigenvalue weighted by molar-refractivity contribution is 0.0608. The highest BCUT2D eigenvalue weighted by Gasteiger charge is 2.35. The van der Waals surface area contributed by atoms with E-state index in [9.17, 15) is 0 Å². The zero-order chi connectivity index (χ0) is 13.4. The molecule has 19 heavy (non-hydrogen) atoms. The molecule has 0 spiro atoms. The van der Waals surface area contributed by atoms with Gasteiger partial charge < -0.3 is 16.0 Å². The molecule has 1 aromatic heterocycles. The number of pyridine rings is 1. The molecule has 2 aliphatic heterocycles. The fourth-order valence-corrected chi connectivity index (χ4v) is 3.75. The molecule has 2 saturated heterocycles. The number of nitrogens with one attached hydrogen (secondary N) is 1. The van der Waals surface area contributed by atoms with E-state index in [0.29, 0.717) is 29.0 Å². The number of nitrogen functional groups attached to an aromatic ring is 1. The molecule has 0 aliphatic carbocycles. The smallest absolute Gasteiger partial charge is 0.133 e. The number of nitrogens with two attached hydrogens (primary N) is 1. The summed E-state index contributed by atoms with van der Waals surface area (Å²) in [6.07, 6.45) is 6.36. The monoisotopic (exact) mass is 280 g/mol. The number of anilines is 2. The predicted molar refractivity (Wildman–Crippen MR) is 79.5 cm³/mol. The second-order valence-electron chi connectivity index (χ2n) is 5.83. The van der Waals surface area contributed by atoms with Crippen LogP contribution in [0.25, 0.3) is 0 Å². The van der Waals surface area contributed by atoms with Crippen LogP contribution in [0.2, 0.25) is 5.15 Å². The van der Waals surface area contributed by atoms with E-state index < -0.39 is 0 Å². The third-order valence-electron chi connectivity index (χ3n) is 4.51. The van der Waals surface area contributed by atoms with Crippen molar-refractivity contribution in [1.82, 2.24) is 9.88 Å². The maximum Gasteiger partial charge on any atom is 0.133 e. The minimum atomic E-state index is 0.454. The van der Waals surface area contributed by atoms with Gasteiger partial charge in [-0.3, -0.25) is 0 Å². The molecule has 3 rings (SSSR count). The van der Waals surface area contributed by atoms with E-state index >= 15 is 0 Å². The van der Waals surface area contributed by atoms with Gasteiger partial charge in [0.1, 0.15) is 11.0 Å². The van der Waals surface area contributed by atoms with Gasteiger partial charge in [-0.05, 0) is 38.8 Å². The number of hydrogen-bond acceptors (Lipinski definition) is 4. The van der Waals surface area contributed by atoms with Crippen molar-refractivity contribution in [2.24, 2.45) is 0 Å². The summed E-state index contributed by atoms with van der Waals surface area (Å²) in [6.45, 7) is 0. The first-order chi connectivity index (χ1) is 9.11. The Kier molecular flexibility index (Phi) is 3.54. The fourth-order valence-electron chi connectivity index (χ4n) is 3.53. The van der Waals surface area contributed by atoms with Crippen LogP contribution in [0, 0.1) is 0 Å². The summed E-state index contributed by atoms with van der Waals surface area (Å²) in [5.74, 6) is 0.803. The molecule has 0 saturated carbocycles. The molecule has 0 radical (unpaired) electrons. The van der Waals surface area contributed by atoms with E-state index in [4.69, 9.17) is 17.3 Å². The first-order valence-corrected chi connectivity index (χ1v) is 7.41. The molecule has 104 valence electrons. The van der Waals surface area contributed by atoms with Crippen LogP contribution in [0.4, 0.5) is 11.5 Å². The summed E-state index contributed by atoms with van der Waals surface area (Å²) in [4.78, 5) is 6.86. The summed E-state index contributed by atoms with van der Waals surface area (Å²) in [5.41, 5.74) is 6.47. The van der Waals surface area contributed by atoms with Gasteiger partial charge in [0.2, 0.25) is 0 Å². The number of rotatable bonds is 2. The minimum Gasteiger partial charge on any atom is -0.399 e. The Hall–Kier alpha value is -1.00. The van der Waals surface area contributed by atoms with Crippen molar-refractivity contribution in [3.63, 3.8) is 0 Å². The van der Waals surface area contributed by atoms with Gasteiger partial charge in [-0.15, -0.1) is 0 Å². The predicted octanol–water partition coefficient (Wildman–Crippen LogP) is 2.74. The number of aromatic nitrogens is 1. The Morgan fingerprint density at radius 1 is 1.32 bits per heavy atom. The van der Waals surface area contributed by atoms with Crippen molar-refractivity contribution in [1.29, 1.82) is 0 Å². The Morgan fingerprint density at radius 2 is 2.00 bits per heavy atom. The average molecular weight is 281 g/mol. The van der Waals surface area contributed by atoms with Crippen LogP contribution in [0.15, 0.2) is 12.1 Å². The number of fused-ring (bicyclic) bond motifs is 2. The third-order valence-corrected chi connectivity index (χ3v) is 4.70. The SMILES string of the molecule is CN1C2CCCC1CC(Nc1cc(N)cc(Cl)n1)C2. The number of piperidine rings is 2. The van der Waals surface area contributed by atoms with Crippen LogP contribution in [-0.4, -0.2) is 35.1 Å². The number of hydrogen-bond donors (Lipinski definition) is 2. The van der Waals surface area contributed by atoms with Gasteiger partial charge in [0, 0.05) is 29.9 Å². The average Bonchev–Trinajstić information content (AvgIpc) is 2.29. The molecule has 2 bridgehead atoms. The molecule has 0 aromatic carbocycles. The highest BCUT2D eigenvalue weighted by Crippen LogP contribution is 2.33. The zero-order valence-electron chi connectivity index (χ0n) is 11.3. The first-order valence-electron chi connectivity index (χ1n) is 7.03. The molecule has 2 fully saturated rings. The van der Waals surface area contributed by atoms with E-state index in [2.05, 4.69) is 22.2 Å². The molecule has 3 N–H and O–H groups in total. The van der Waals surface area contributed by atoms with E-state index in [1.165, 1.54) is 32.1 Å². The summed E-state index contributed by atoms with van der Waals surface area (Å²) in [7, 11) is 2.26. The Balaban J connectivity index is 1.70. The molecule has 2 unspecified atom stereocenters. The fraction of sp³-hybridized carbons (Fsp3) is 0.643. The molecule has 0 amide bonds. The maximum absolute atomic E-state index is 5.95. The van der Waals surface area contributed by atoms with Gasteiger partial charge in [0.05, 0.1) is 0 Å². The third kappa shape index (κ3) is 2.79. The summed E-state index contributed by atoms with van der Waals surface area (Å²) in [6, 6.07) is 5.44. The summed E-state index contributed by atoms with van der Waals surface area (Å²) >= 11 is 5.95. The molecule has 1 aromatic rings. The summed E-state index contributed by atoms with van der Waals surface area (Å²) in [5, 5.41) is 3.96. The largest absolute Gasteiger partial charge is 0.399 e. The Morgan fingerprint density at radius 3 is 2.63 bits per heavy atom. The van der Waals surface area contributed by atoms with Crippen LogP contribution in [0.1, 0.15) is 32.1 Å². The Labute approximate surface area is 119 Å². The van der Waals surface area contributed by atoms with E-state index in [0.717, 1.165) is 5.82 Å². The molecule has 5 heteroatoms. The molecular formula is C14H21ClN4. The lowest BCUT2D eigenvalue weighted by atomic mass is 9.82. The van der Waals surface area contributed by atoms with Crippen molar-refractivity contribution in [2.75, 3.05) is 18.1 Å². The quantitative estimate of drug-likeness (QED) is 0.818. The highest BCUT2D eigenvalue weighted by molar-refractivity contribution is 6.29. The van der Waals surface area contributed by atoms with E-state index in [-0.39, 0.29) is 0 Å². The van der Waals surface area contributed by atoms with Crippen LogP contribution in [-0.2, 0) is 0 Å². The second-order valence-corrected chi connectivity index (χ2v) is 6.21. The van der Waals surface area contributed by atoms with Crippen molar-refractivity contribution in [3.8, 4) is 0 Å². The highest BCUT2D eigenvalue weighted by atomic mass is 35.5. The molecule has 4 nitrogen and oxygen atoms in total. The number of halogens is 1. The van der Waals surface area contributed by atoms with Crippen molar-refractivity contribution in [2.45, 2.75) is 50.2 Å². The van der Waals surface area contributed by atoms with Crippen LogP contribution >= 0.6 is 11.6 Å². The number of nitrogens with zero attached hydrogens (tertiary/aromatic N) is 2. The molecule has 3 heterocycles. The summed E-state index contributed by atoms with van der Waals surface area (Å²) < 4.78 is 0. The first kappa shape index (κ1) is 13.0. The normalized spacial score (nSPS) is 31.2. The van der Waals surface area contributed by atoms with Gasteiger partial charge >= 0.3 is 0 Å². The maximum atomic E-state index is 5.95. The Bertz CT molecular complexity index is 431.